The lowest BCUT2D eigenvalue weighted by Crippen LogP contribution is -2.44. The molecular formula is C17H22N4O. The summed E-state index contributed by atoms with van der Waals surface area (Å²) < 4.78 is 5.49. The first-order valence-electron chi connectivity index (χ1n) is 8.10. The Balaban J connectivity index is 1.78. The van der Waals surface area contributed by atoms with Gasteiger partial charge in [0.15, 0.2) is 0 Å². The van der Waals surface area contributed by atoms with E-state index in [0.717, 1.165) is 64.1 Å². The Hall–Kier alpha value is -1.85. The molecule has 22 heavy (non-hydrogen) atoms. The van der Waals surface area contributed by atoms with Gasteiger partial charge in [0.1, 0.15) is 11.6 Å². The van der Waals surface area contributed by atoms with E-state index < -0.39 is 0 Å². The number of rotatable bonds is 2. The molecule has 3 heterocycles. The van der Waals surface area contributed by atoms with Gasteiger partial charge in [-0.15, -0.1) is 0 Å². The Morgan fingerprint density at radius 1 is 0.955 bits per heavy atom. The van der Waals surface area contributed by atoms with Gasteiger partial charge >= 0.3 is 0 Å². The van der Waals surface area contributed by atoms with Gasteiger partial charge in [0.2, 0.25) is 0 Å². The number of nitrogens with zero attached hydrogens (tertiary/aromatic N) is 3. The van der Waals surface area contributed by atoms with Crippen LogP contribution >= 0.6 is 0 Å². The summed E-state index contributed by atoms with van der Waals surface area (Å²) in [6, 6.07) is 10.8. The highest BCUT2D eigenvalue weighted by Gasteiger charge is 2.19. The van der Waals surface area contributed by atoms with E-state index in [1.807, 2.05) is 0 Å². The maximum absolute atomic E-state index is 5.49. The third-order valence-corrected chi connectivity index (χ3v) is 4.46. The van der Waals surface area contributed by atoms with Crippen LogP contribution in [0.5, 0.6) is 0 Å². The second kappa shape index (κ2) is 6.10. The summed E-state index contributed by atoms with van der Waals surface area (Å²) in [5, 5.41) is 5.91. The third kappa shape index (κ3) is 2.62. The zero-order valence-corrected chi connectivity index (χ0v) is 12.8. The summed E-state index contributed by atoms with van der Waals surface area (Å²) in [5.74, 6) is 2.21. The normalized spacial score (nSPS) is 19.6. The van der Waals surface area contributed by atoms with Crippen molar-refractivity contribution in [3.8, 4) is 0 Å². The highest BCUT2D eigenvalue weighted by Crippen LogP contribution is 2.29. The van der Waals surface area contributed by atoms with E-state index in [1.165, 1.54) is 10.8 Å². The molecule has 0 radical (unpaired) electrons. The molecule has 0 bridgehead atoms. The lowest BCUT2D eigenvalue weighted by atomic mass is 10.1. The summed E-state index contributed by atoms with van der Waals surface area (Å²) >= 11 is 0. The quantitative estimate of drug-likeness (QED) is 0.909. The SMILES string of the molecule is c1ccc2c(N3CCOCC3)nc(N3CCNCC3)cc2c1. The van der Waals surface area contributed by atoms with Crippen LogP contribution in [0.1, 0.15) is 0 Å². The molecule has 4 rings (SSSR count). The number of anilines is 2. The number of piperazine rings is 1. The minimum absolute atomic E-state index is 0.786. The van der Waals surface area contributed by atoms with Gasteiger partial charge in [-0.25, -0.2) is 4.98 Å². The number of fused-ring (bicyclic) bond motifs is 1. The number of nitrogens with one attached hydrogen (secondary N) is 1. The van der Waals surface area contributed by atoms with Gasteiger partial charge in [-0.1, -0.05) is 24.3 Å². The molecule has 0 amide bonds. The maximum atomic E-state index is 5.49. The van der Waals surface area contributed by atoms with E-state index in [2.05, 4.69) is 45.4 Å². The predicted octanol–water partition coefficient (Wildman–Crippen LogP) is 1.48. The molecule has 2 aromatic rings. The van der Waals surface area contributed by atoms with Crippen molar-refractivity contribution in [1.29, 1.82) is 0 Å². The number of morpholine rings is 1. The highest BCUT2D eigenvalue weighted by atomic mass is 16.5. The Kier molecular flexibility index (Phi) is 3.83. The molecular weight excluding hydrogens is 276 g/mol. The lowest BCUT2D eigenvalue weighted by molar-refractivity contribution is 0.122. The molecule has 5 heteroatoms. The summed E-state index contributed by atoms with van der Waals surface area (Å²) in [5.41, 5.74) is 0. The van der Waals surface area contributed by atoms with Crippen molar-refractivity contribution in [2.75, 3.05) is 62.3 Å². The average Bonchev–Trinajstić information content (AvgIpc) is 2.62. The molecule has 116 valence electrons. The molecule has 2 aliphatic rings. The molecule has 2 aliphatic heterocycles. The van der Waals surface area contributed by atoms with Crippen LogP contribution in [0.4, 0.5) is 11.6 Å². The minimum Gasteiger partial charge on any atom is -0.378 e. The van der Waals surface area contributed by atoms with Crippen molar-refractivity contribution in [3.05, 3.63) is 30.3 Å². The van der Waals surface area contributed by atoms with Crippen LogP contribution in [-0.2, 0) is 4.74 Å². The Morgan fingerprint density at radius 3 is 2.55 bits per heavy atom. The first-order valence-corrected chi connectivity index (χ1v) is 8.10. The first kappa shape index (κ1) is 13.8. The van der Waals surface area contributed by atoms with Crippen LogP contribution in [0, 0.1) is 0 Å². The topological polar surface area (TPSA) is 40.6 Å². The Labute approximate surface area is 130 Å². The molecule has 1 N–H and O–H groups in total. The van der Waals surface area contributed by atoms with Crippen LogP contribution in [-0.4, -0.2) is 57.5 Å². The second-order valence-corrected chi connectivity index (χ2v) is 5.86. The van der Waals surface area contributed by atoms with Gasteiger partial charge in [-0.2, -0.15) is 0 Å². The van der Waals surface area contributed by atoms with E-state index in [9.17, 15) is 0 Å². The van der Waals surface area contributed by atoms with E-state index in [0.29, 0.717) is 0 Å². The van der Waals surface area contributed by atoms with Crippen LogP contribution in [0.25, 0.3) is 10.8 Å². The van der Waals surface area contributed by atoms with Crippen molar-refractivity contribution < 1.29 is 4.74 Å². The average molecular weight is 298 g/mol. The first-order chi connectivity index (χ1) is 10.9. The van der Waals surface area contributed by atoms with Crippen molar-refractivity contribution in [1.82, 2.24) is 10.3 Å². The smallest absolute Gasteiger partial charge is 0.139 e. The highest BCUT2D eigenvalue weighted by molar-refractivity contribution is 5.94. The van der Waals surface area contributed by atoms with Crippen molar-refractivity contribution >= 4 is 22.4 Å². The van der Waals surface area contributed by atoms with Gasteiger partial charge in [0, 0.05) is 44.7 Å². The standard InChI is InChI=1S/C17H22N4O/c1-2-4-15-14(3-1)13-16(20-7-5-18-6-8-20)19-17(15)21-9-11-22-12-10-21/h1-4,13,18H,5-12H2. The molecule has 5 nitrogen and oxygen atoms in total. The number of ether oxygens (including phenoxy) is 1. The Bertz CT molecular complexity index is 648. The number of aromatic nitrogens is 1. The summed E-state index contributed by atoms with van der Waals surface area (Å²) in [6.07, 6.45) is 0. The predicted molar refractivity (Wildman–Crippen MR) is 89.9 cm³/mol. The van der Waals surface area contributed by atoms with Crippen molar-refractivity contribution in [3.63, 3.8) is 0 Å². The minimum atomic E-state index is 0.786. The van der Waals surface area contributed by atoms with Crippen molar-refractivity contribution in [2.45, 2.75) is 0 Å². The Morgan fingerprint density at radius 2 is 1.73 bits per heavy atom. The fourth-order valence-corrected chi connectivity index (χ4v) is 3.24. The number of hydrogen-bond acceptors (Lipinski definition) is 5. The molecule has 0 aliphatic carbocycles. The summed E-state index contributed by atoms with van der Waals surface area (Å²) in [4.78, 5) is 9.76. The van der Waals surface area contributed by atoms with Crippen LogP contribution in [0.2, 0.25) is 0 Å². The number of benzene rings is 1. The second-order valence-electron chi connectivity index (χ2n) is 5.86. The van der Waals surface area contributed by atoms with E-state index in [1.54, 1.807) is 0 Å². The van der Waals surface area contributed by atoms with Crippen LogP contribution < -0.4 is 15.1 Å². The monoisotopic (exact) mass is 298 g/mol. The largest absolute Gasteiger partial charge is 0.378 e. The molecule has 1 aromatic carbocycles. The van der Waals surface area contributed by atoms with Gasteiger partial charge < -0.3 is 19.9 Å². The van der Waals surface area contributed by atoms with Gasteiger partial charge in [-0.3, -0.25) is 0 Å². The fourth-order valence-electron chi connectivity index (χ4n) is 3.24. The zero-order chi connectivity index (χ0) is 14.8. The van der Waals surface area contributed by atoms with Gasteiger partial charge in [-0.05, 0) is 11.5 Å². The summed E-state index contributed by atoms with van der Waals surface area (Å²) in [7, 11) is 0. The van der Waals surface area contributed by atoms with Gasteiger partial charge in [0.25, 0.3) is 0 Å². The molecule has 0 atom stereocenters. The lowest BCUT2D eigenvalue weighted by Gasteiger charge is -2.32. The van der Waals surface area contributed by atoms with Crippen LogP contribution in [0.3, 0.4) is 0 Å². The molecule has 0 saturated carbocycles. The van der Waals surface area contributed by atoms with E-state index in [-0.39, 0.29) is 0 Å². The van der Waals surface area contributed by atoms with Crippen LogP contribution in [0.15, 0.2) is 30.3 Å². The number of pyridine rings is 1. The van der Waals surface area contributed by atoms with Gasteiger partial charge in [0.05, 0.1) is 13.2 Å². The van der Waals surface area contributed by atoms with Crippen molar-refractivity contribution in [2.24, 2.45) is 0 Å². The maximum Gasteiger partial charge on any atom is 0.139 e. The molecule has 0 spiro atoms. The molecule has 2 fully saturated rings. The van der Waals surface area contributed by atoms with E-state index in [4.69, 9.17) is 9.72 Å². The number of hydrogen-bond donors (Lipinski definition) is 1. The molecule has 0 unspecified atom stereocenters. The third-order valence-electron chi connectivity index (χ3n) is 4.46. The zero-order valence-electron chi connectivity index (χ0n) is 12.8. The molecule has 1 aromatic heterocycles. The fraction of sp³-hybridized carbons (Fsp3) is 0.471. The van der Waals surface area contributed by atoms with E-state index >= 15 is 0 Å². The summed E-state index contributed by atoms with van der Waals surface area (Å²) in [6.45, 7) is 7.51. The molecule has 2 saturated heterocycles.